The van der Waals surface area contributed by atoms with Crippen molar-refractivity contribution in [1.82, 2.24) is 0 Å². The molecule has 1 aliphatic heterocycles. The number of hydrogen-bond acceptors (Lipinski definition) is 2. The monoisotopic (exact) mass is 218 g/mol. The Morgan fingerprint density at radius 3 is 2.69 bits per heavy atom. The molecule has 1 atom stereocenters. The van der Waals surface area contributed by atoms with E-state index in [2.05, 4.69) is 31.2 Å². The summed E-state index contributed by atoms with van der Waals surface area (Å²) in [4.78, 5) is 0. The Kier molecular flexibility index (Phi) is 2.30. The number of ether oxygens (including phenoxy) is 1. The summed E-state index contributed by atoms with van der Waals surface area (Å²) in [5.74, 6) is 0. The zero-order chi connectivity index (χ0) is 11.2. The molecular weight excluding hydrogens is 200 g/mol. The highest BCUT2D eigenvalue weighted by Crippen LogP contribution is 2.50. The van der Waals surface area contributed by atoms with Gasteiger partial charge in [0.25, 0.3) is 0 Å². The van der Waals surface area contributed by atoms with Crippen molar-refractivity contribution in [3.8, 4) is 0 Å². The van der Waals surface area contributed by atoms with Crippen molar-refractivity contribution in [2.24, 2.45) is 0 Å². The second kappa shape index (κ2) is 3.57. The number of hydrogen-bond donors (Lipinski definition) is 1. The molecule has 2 aliphatic rings. The zero-order valence-corrected chi connectivity index (χ0v) is 9.65. The second-order valence-electron chi connectivity index (χ2n) is 5.07. The average Bonchev–Trinajstić information content (AvgIpc) is 2.58. The largest absolute Gasteiger partial charge is 0.393 e. The normalized spacial score (nSPS) is 37.6. The lowest BCUT2D eigenvalue weighted by Gasteiger charge is -2.36. The molecule has 1 spiro atoms. The Labute approximate surface area is 96.2 Å². The van der Waals surface area contributed by atoms with Crippen LogP contribution in [0.3, 0.4) is 0 Å². The van der Waals surface area contributed by atoms with E-state index in [0.29, 0.717) is 0 Å². The van der Waals surface area contributed by atoms with Crippen molar-refractivity contribution in [3.63, 3.8) is 0 Å². The van der Waals surface area contributed by atoms with Crippen LogP contribution in [-0.2, 0) is 10.3 Å². The molecule has 1 saturated carbocycles. The lowest BCUT2D eigenvalue weighted by atomic mass is 9.78. The van der Waals surface area contributed by atoms with E-state index < -0.39 is 0 Å². The van der Waals surface area contributed by atoms with Crippen LogP contribution in [0, 0.1) is 0 Å². The van der Waals surface area contributed by atoms with Gasteiger partial charge in [-0.1, -0.05) is 24.3 Å². The van der Waals surface area contributed by atoms with Crippen molar-refractivity contribution < 1.29 is 9.84 Å². The van der Waals surface area contributed by atoms with Crippen LogP contribution >= 0.6 is 0 Å². The third-order valence-corrected chi connectivity index (χ3v) is 4.05. The molecule has 3 rings (SSSR count). The van der Waals surface area contributed by atoms with Gasteiger partial charge >= 0.3 is 0 Å². The highest BCUT2D eigenvalue weighted by Gasteiger charge is 2.45. The summed E-state index contributed by atoms with van der Waals surface area (Å²) in [6.07, 6.45) is 3.70. The predicted octanol–water partition coefficient (Wildman–Crippen LogP) is 2.91. The molecule has 0 aromatic heterocycles. The van der Waals surface area contributed by atoms with Gasteiger partial charge in [0.05, 0.1) is 17.8 Å². The highest BCUT2D eigenvalue weighted by atomic mass is 16.5. The van der Waals surface area contributed by atoms with Gasteiger partial charge in [-0.25, -0.2) is 0 Å². The number of fused-ring (bicyclic) bond motifs is 2. The highest BCUT2D eigenvalue weighted by molar-refractivity contribution is 5.38. The van der Waals surface area contributed by atoms with Gasteiger partial charge in [0, 0.05) is 0 Å². The Morgan fingerprint density at radius 1 is 1.25 bits per heavy atom. The fraction of sp³-hybridized carbons (Fsp3) is 0.571. The molecule has 1 unspecified atom stereocenters. The van der Waals surface area contributed by atoms with Crippen LogP contribution in [0.4, 0.5) is 0 Å². The molecule has 1 N–H and O–H groups in total. The van der Waals surface area contributed by atoms with E-state index >= 15 is 0 Å². The van der Waals surface area contributed by atoms with Crippen molar-refractivity contribution in [2.45, 2.75) is 50.4 Å². The van der Waals surface area contributed by atoms with E-state index in [0.717, 1.165) is 25.7 Å². The molecule has 0 amide bonds. The maximum atomic E-state index is 9.61. The molecule has 1 aromatic carbocycles. The van der Waals surface area contributed by atoms with Crippen LogP contribution < -0.4 is 0 Å². The number of aliphatic hydroxyl groups excluding tert-OH is 1. The van der Waals surface area contributed by atoms with Gasteiger partial charge in [0.15, 0.2) is 0 Å². The van der Waals surface area contributed by atoms with Crippen molar-refractivity contribution in [3.05, 3.63) is 35.4 Å². The van der Waals surface area contributed by atoms with Gasteiger partial charge in [-0.3, -0.25) is 0 Å². The van der Waals surface area contributed by atoms with E-state index in [1.54, 1.807) is 0 Å². The maximum absolute atomic E-state index is 9.61. The second-order valence-corrected chi connectivity index (χ2v) is 5.07. The first-order chi connectivity index (χ1) is 7.71. The van der Waals surface area contributed by atoms with Crippen LogP contribution in [0.1, 0.15) is 49.8 Å². The van der Waals surface area contributed by atoms with E-state index in [1.807, 2.05) is 0 Å². The lowest BCUT2D eigenvalue weighted by molar-refractivity contribution is -0.107. The summed E-state index contributed by atoms with van der Waals surface area (Å²) >= 11 is 0. The molecule has 2 nitrogen and oxygen atoms in total. The van der Waals surface area contributed by atoms with Crippen molar-refractivity contribution in [1.29, 1.82) is 0 Å². The van der Waals surface area contributed by atoms with Gasteiger partial charge < -0.3 is 9.84 Å². The molecule has 2 heteroatoms. The molecule has 1 aromatic rings. The lowest BCUT2D eigenvalue weighted by Crippen LogP contribution is -2.33. The fourth-order valence-corrected chi connectivity index (χ4v) is 3.19. The van der Waals surface area contributed by atoms with Crippen LogP contribution in [0.5, 0.6) is 0 Å². The number of benzene rings is 1. The molecule has 1 aliphatic carbocycles. The first kappa shape index (κ1) is 10.3. The minimum Gasteiger partial charge on any atom is -0.393 e. The van der Waals surface area contributed by atoms with Crippen LogP contribution in [0.25, 0.3) is 0 Å². The molecular formula is C14H18O2. The van der Waals surface area contributed by atoms with Crippen LogP contribution in [0.15, 0.2) is 24.3 Å². The molecule has 0 radical (unpaired) electrons. The van der Waals surface area contributed by atoms with Crippen molar-refractivity contribution >= 4 is 0 Å². The quantitative estimate of drug-likeness (QED) is 0.725. The molecule has 0 saturated heterocycles. The standard InChI is InChI=1S/C14H18O2/c1-10-12-4-2-3-5-13(12)14(16-10)8-6-11(15)7-9-14/h2-5,10-11,15H,6-9H2,1H3. The SMILES string of the molecule is CC1OC2(CCC(O)CC2)c2ccccc21. The molecule has 1 fully saturated rings. The van der Waals surface area contributed by atoms with E-state index in [1.165, 1.54) is 11.1 Å². The van der Waals surface area contributed by atoms with Crippen LogP contribution in [-0.4, -0.2) is 11.2 Å². The van der Waals surface area contributed by atoms with E-state index in [9.17, 15) is 5.11 Å². The third-order valence-electron chi connectivity index (χ3n) is 4.05. The fourth-order valence-electron chi connectivity index (χ4n) is 3.19. The number of aliphatic hydroxyl groups is 1. The van der Waals surface area contributed by atoms with Crippen molar-refractivity contribution in [2.75, 3.05) is 0 Å². The first-order valence-electron chi connectivity index (χ1n) is 6.17. The van der Waals surface area contributed by atoms with Gasteiger partial charge in [0.1, 0.15) is 0 Å². The van der Waals surface area contributed by atoms with Crippen LogP contribution in [0.2, 0.25) is 0 Å². The third kappa shape index (κ3) is 1.40. The Bertz CT molecular complexity index is 391. The molecule has 1 heterocycles. The van der Waals surface area contributed by atoms with Gasteiger partial charge in [-0.2, -0.15) is 0 Å². The molecule has 16 heavy (non-hydrogen) atoms. The maximum Gasteiger partial charge on any atom is 0.0945 e. The minimum absolute atomic E-state index is 0.102. The topological polar surface area (TPSA) is 29.5 Å². The molecule has 86 valence electrons. The predicted molar refractivity (Wildman–Crippen MR) is 62.1 cm³/mol. The smallest absolute Gasteiger partial charge is 0.0945 e. The summed E-state index contributed by atoms with van der Waals surface area (Å²) in [6.45, 7) is 2.12. The zero-order valence-electron chi connectivity index (χ0n) is 9.65. The van der Waals surface area contributed by atoms with E-state index in [-0.39, 0.29) is 17.8 Å². The summed E-state index contributed by atoms with van der Waals surface area (Å²) in [7, 11) is 0. The Balaban J connectivity index is 1.99. The summed E-state index contributed by atoms with van der Waals surface area (Å²) < 4.78 is 6.20. The summed E-state index contributed by atoms with van der Waals surface area (Å²) in [5, 5.41) is 9.61. The number of rotatable bonds is 0. The average molecular weight is 218 g/mol. The minimum atomic E-state index is -0.128. The Hall–Kier alpha value is -0.860. The van der Waals surface area contributed by atoms with Gasteiger partial charge in [-0.15, -0.1) is 0 Å². The molecule has 0 bridgehead atoms. The summed E-state index contributed by atoms with van der Waals surface area (Å²) in [6, 6.07) is 8.53. The summed E-state index contributed by atoms with van der Waals surface area (Å²) in [5.41, 5.74) is 2.59. The first-order valence-corrected chi connectivity index (χ1v) is 6.17. The van der Waals surface area contributed by atoms with Gasteiger partial charge in [0.2, 0.25) is 0 Å². The van der Waals surface area contributed by atoms with E-state index in [4.69, 9.17) is 4.74 Å². The Morgan fingerprint density at radius 2 is 1.94 bits per heavy atom. The van der Waals surface area contributed by atoms with Gasteiger partial charge in [-0.05, 0) is 43.7 Å².